The predicted octanol–water partition coefficient (Wildman–Crippen LogP) is 3.71. The predicted molar refractivity (Wildman–Crippen MR) is 123 cm³/mol. The Bertz CT molecular complexity index is 489. The number of hydrogen-bond donors (Lipinski definition) is 2. The molecule has 6 nitrogen and oxygen atoms in total. The van der Waals surface area contributed by atoms with Gasteiger partial charge in [-0.15, -0.1) is 0 Å². The third-order valence-electron chi connectivity index (χ3n) is 6.06. The summed E-state index contributed by atoms with van der Waals surface area (Å²) in [5, 5.41) is 32.0. The van der Waals surface area contributed by atoms with Crippen molar-refractivity contribution in [3.05, 3.63) is 0 Å². The Morgan fingerprint density at radius 1 is 0.774 bits per heavy atom. The quantitative estimate of drug-likeness (QED) is 0.160. The molecule has 0 aliphatic rings. The number of unbranched alkanes of at least 4 members (excludes halogenated alkanes) is 14. The number of aliphatic hydroxyl groups is 2. The fourth-order valence-corrected chi connectivity index (χ4v) is 4.07. The number of carboxylic acid groups (broad SMARTS) is 1. The number of quaternary nitrogens is 1. The van der Waals surface area contributed by atoms with E-state index in [2.05, 4.69) is 6.92 Å². The summed E-state index contributed by atoms with van der Waals surface area (Å²) >= 11 is 0. The van der Waals surface area contributed by atoms with E-state index in [1.165, 1.54) is 70.6 Å². The van der Waals surface area contributed by atoms with E-state index in [0.717, 1.165) is 19.3 Å². The van der Waals surface area contributed by atoms with Gasteiger partial charge in [0.25, 0.3) is 0 Å². The van der Waals surface area contributed by atoms with E-state index in [0.29, 0.717) is 6.42 Å². The second-order valence-electron chi connectivity index (χ2n) is 10.1. The Morgan fingerprint density at radius 2 is 1.13 bits per heavy atom. The molecule has 0 aromatic rings. The monoisotopic (exact) mass is 443 g/mol. The van der Waals surface area contributed by atoms with Gasteiger partial charge in [0.05, 0.1) is 21.1 Å². The maximum Gasteiger partial charge on any atom is 0.227 e. The van der Waals surface area contributed by atoms with E-state index in [4.69, 9.17) is 0 Å². The molecule has 2 atom stereocenters. The molecule has 184 valence electrons. The number of carboxylic acids is 1. The zero-order valence-electron chi connectivity index (χ0n) is 20.7. The molecule has 0 aliphatic carbocycles. The van der Waals surface area contributed by atoms with Gasteiger partial charge in [0.15, 0.2) is 5.78 Å². The van der Waals surface area contributed by atoms with Gasteiger partial charge in [0, 0.05) is 18.8 Å². The number of hydrogen-bond acceptors (Lipinski definition) is 5. The van der Waals surface area contributed by atoms with Crippen molar-refractivity contribution in [2.45, 2.75) is 128 Å². The Kier molecular flexibility index (Phi) is 16.1. The summed E-state index contributed by atoms with van der Waals surface area (Å²) in [6.45, 7) is 2.25. The number of ketones is 1. The second kappa shape index (κ2) is 16.6. The van der Waals surface area contributed by atoms with Gasteiger partial charge in [-0.1, -0.05) is 96.8 Å². The molecule has 0 amide bonds. The molecule has 0 spiro atoms. The van der Waals surface area contributed by atoms with Crippen molar-refractivity contribution in [2.24, 2.45) is 0 Å². The van der Waals surface area contributed by atoms with E-state index >= 15 is 0 Å². The molecule has 0 fully saturated rings. The highest BCUT2D eigenvalue weighted by Crippen LogP contribution is 2.25. The number of aliphatic carboxylic acids is 1. The van der Waals surface area contributed by atoms with Crippen molar-refractivity contribution in [3.8, 4) is 0 Å². The highest BCUT2D eigenvalue weighted by atomic mass is 16.4. The average Bonchev–Trinajstić information content (AvgIpc) is 2.68. The van der Waals surface area contributed by atoms with Crippen molar-refractivity contribution >= 4 is 11.8 Å². The fourth-order valence-electron chi connectivity index (χ4n) is 4.07. The first kappa shape index (κ1) is 30.0. The molecule has 0 aromatic carbocycles. The summed E-state index contributed by atoms with van der Waals surface area (Å²) < 4.78 is -0.131. The maximum atomic E-state index is 12.5. The topological polar surface area (TPSA) is 97.7 Å². The van der Waals surface area contributed by atoms with Crippen LogP contribution < -0.4 is 5.11 Å². The molecule has 0 rings (SSSR count). The molecule has 2 N–H and O–H groups in total. The van der Waals surface area contributed by atoms with Crippen LogP contribution in [0.1, 0.15) is 116 Å². The number of likely N-dealkylation sites (N-methyl/N-ethyl adjacent to an activating group) is 1. The lowest BCUT2D eigenvalue weighted by atomic mass is 9.87. The molecule has 2 unspecified atom stereocenters. The fraction of sp³-hybridized carbons (Fsp3) is 0.920. The second-order valence-corrected chi connectivity index (χ2v) is 10.1. The number of carbonyl (C=O) groups is 2. The number of aliphatic hydroxyl groups excluding tert-OH is 1. The average molecular weight is 444 g/mol. The Morgan fingerprint density at radius 3 is 1.45 bits per heavy atom. The van der Waals surface area contributed by atoms with Crippen LogP contribution in [-0.2, 0) is 9.59 Å². The van der Waals surface area contributed by atoms with Crippen molar-refractivity contribution < 1.29 is 29.4 Å². The molecule has 0 saturated carbocycles. The van der Waals surface area contributed by atoms with Crippen molar-refractivity contribution in [1.29, 1.82) is 0 Å². The molecule has 6 heteroatoms. The van der Waals surface area contributed by atoms with Crippen molar-refractivity contribution in [1.82, 2.24) is 0 Å². The van der Waals surface area contributed by atoms with Crippen LogP contribution in [0.3, 0.4) is 0 Å². The summed E-state index contributed by atoms with van der Waals surface area (Å²) in [4.78, 5) is 23.5. The number of carbonyl (C=O) groups excluding carboxylic acids is 2. The smallest absolute Gasteiger partial charge is 0.227 e. The Labute approximate surface area is 190 Å². The van der Waals surface area contributed by atoms with E-state index < -0.39 is 30.0 Å². The largest absolute Gasteiger partial charge is 0.550 e. The van der Waals surface area contributed by atoms with Gasteiger partial charge in [-0.2, -0.15) is 0 Å². The van der Waals surface area contributed by atoms with Gasteiger partial charge in [0.2, 0.25) is 11.8 Å². The molecule has 0 aliphatic heterocycles. The van der Waals surface area contributed by atoms with Crippen LogP contribution in [0, 0.1) is 0 Å². The summed E-state index contributed by atoms with van der Waals surface area (Å²) in [6.07, 6.45) is 15.9. The SMILES string of the molecule is CCCCCCCCCCCCCCCCCC(=O)C(O)(CC(=O)[O-])C(O)[N+](C)(C)C. The number of rotatable bonds is 21. The van der Waals surface area contributed by atoms with Crippen molar-refractivity contribution in [3.63, 3.8) is 0 Å². The number of nitrogens with zero attached hydrogens (tertiary/aromatic N) is 1. The van der Waals surface area contributed by atoms with Gasteiger partial charge in [0.1, 0.15) is 0 Å². The van der Waals surface area contributed by atoms with Crippen LogP contribution in [-0.4, -0.2) is 59.4 Å². The molecular weight excluding hydrogens is 394 g/mol. The summed E-state index contributed by atoms with van der Waals surface area (Å²) in [6, 6.07) is 0. The molecule has 31 heavy (non-hydrogen) atoms. The van der Waals surface area contributed by atoms with Gasteiger partial charge in [-0.3, -0.25) is 4.79 Å². The first-order chi connectivity index (χ1) is 14.6. The Hall–Kier alpha value is -0.980. The van der Waals surface area contributed by atoms with Crippen LogP contribution in [0.5, 0.6) is 0 Å². The normalized spacial score (nSPS) is 14.9. The third kappa shape index (κ3) is 13.9. The molecule has 0 radical (unpaired) electrons. The number of Topliss-reactive ketones (excluding diaryl/α,β-unsaturated/α-hetero) is 1. The highest BCUT2D eigenvalue weighted by molar-refractivity contribution is 5.90. The summed E-state index contributed by atoms with van der Waals surface area (Å²) in [5.74, 6) is -2.16. The van der Waals surface area contributed by atoms with Gasteiger partial charge < -0.3 is 24.6 Å². The molecule has 0 aromatic heterocycles. The van der Waals surface area contributed by atoms with E-state index in [1.807, 2.05) is 0 Å². The lowest BCUT2D eigenvalue weighted by Crippen LogP contribution is -2.63. The lowest BCUT2D eigenvalue weighted by molar-refractivity contribution is -0.925. The zero-order valence-corrected chi connectivity index (χ0v) is 20.7. The minimum atomic E-state index is -2.31. The van der Waals surface area contributed by atoms with Gasteiger partial charge in [-0.25, -0.2) is 0 Å². The van der Waals surface area contributed by atoms with E-state index in [9.17, 15) is 24.9 Å². The minimum absolute atomic E-state index is 0.0685. The standard InChI is InChI=1S/C25H49NO5/c1-5-6-7-8-9-10-11-12-13-14-15-16-17-18-19-20-22(27)25(31,21-23(28)29)24(30)26(2,3)4/h24,30-31H,5-21H2,1-4H3. The molecule has 0 heterocycles. The zero-order chi connectivity index (χ0) is 23.8. The van der Waals surface area contributed by atoms with Gasteiger partial charge in [-0.05, 0) is 6.42 Å². The van der Waals surface area contributed by atoms with Crippen LogP contribution in [0.2, 0.25) is 0 Å². The first-order valence-electron chi connectivity index (χ1n) is 12.5. The van der Waals surface area contributed by atoms with Crippen LogP contribution in [0.25, 0.3) is 0 Å². The maximum absolute atomic E-state index is 12.5. The molecule has 0 bridgehead atoms. The molecular formula is C25H49NO5. The van der Waals surface area contributed by atoms with Crippen LogP contribution >= 0.6 is 0 Å². The first-order valence-corrected chi connectivity index (χ1v) is 12.5. The lowest BCUT2D eigenvalue weighted by Gasteiger charge is -2.40. The summed E-state index contributed by atoms with van der Waals surface area (Å²) in [7, 11) is 4.81. The van der Waals surface area contributed by atoms with Crippen LogP contribution in [0.4, 0.5) is 0 Å². The minimum Gasteiger partial charge on any atom is -0.550 e. The molecule has 0 saturated heterocycles. The highest BCUT2D eigenvalue weighted by Gasteiger charge is 2.49. The van der Waals surface area contributed by atoms with Crippen molar-refractivity contribution in [2.75, 3.05) is 21.1 Å². The third-order valence-corrected chi connectivity index (χ3v) is 6.06. The van der Waals surface area contributed by atoms with E-state index in [1.54, 1.807) is 21.1 Å². The van der Waals surface area contributed by atoms with Crippen LogP contribution in [0.15, 0.2) is 0 Å². The van der Waals surface area contributed by atoms with E-state index in [-0.39, 0.29) is 10.9 Å². The Balaban J connectivity index is 3.89. The summed E-state index contributed by atoms with van der Waals surface area (Å²) in [5.41, 5.74) is -2.31. The van der Waals surface area contributed by atoms with Gasteiger partial charge >= 0.3 is 0 Å².